The number of hydrogen-bond acceptors (Lipinski definition) is 4. The number of hydrogen-bond donors (Lipinski definition) is 2. The number of ether oxygens (including phenoxy) is 1. The van der Waals surface area contributed by atoms with Gasteiger partial charge >= 0.3 is 12.1 Å². The average Bonchev–Trinajstić information content (AvgIpc) is 2.57. The van der Waals surface area contributed by atoms with Crippen LogP contribution in [-0.4, -0.2) is 33.9 Å². The Morgan fingerprint density at radius 3 is 2.52 bits per heavy atom. The zero-order valence-electron chi connectivity index (χ0n) is 13.6. The van der Waals surface area contributed by atoms with E-state index < -0.39 is 37.2 Å². The van der Waals surface area contributed by atoms with E-state index in [0.717, 1.165) is 0 Å². The number of alkyl halides is 3. The molecule has 0 aliphatic carbocycles. The third kappa shape index (κ3) is 6.27. The van der Waals surface area contributed by atoms with Crippen molar-refractivity contribution in [3.63, 3.8) is 0 Å². The molecule has 2 atom stereocenters. The van der Waals surface area contributed by atoms with Gasteiger partial charge in [0.25, 0.3) is 0 Å². The lowest BCUT2D eigenvalue weighted by atomic mass is 9.86. The summed E-state index contributed by atoms with van der Waals surface area (Å²) in [5, 5.41) is 19.5. The van der Waals surface area contributed by atoms with Crippen LogP contribution in [0.4, 0.5) is 13.2 Å². The Balaban J connectivity index is 2.37. The van der Waals surface area contributed by atoms with Gasteiger partial charge < -0.3 is 14.9 Å². The molecule has 1 aromatic heterocycles. The number of aliphatic carboxylic acids is 1. The van der Waals surface area contributed by atoms with Gasteiger partial charge in [0.15, 0.2) is 6.61 Å². The zero-order chi connectivity index (χ0) is 20.2. The molecule has 0 radical (unpaired) electrons. The van der Waals surface area contributed by atoms with E-state index in [1.54, 1.807) is 0 Å². The summed E-state index contributed by atoms with van der Waals surface area (Å²) in [6.07, 6.45) is -6.29. The Morgan fingerprint density at radius 1 is 1.22 bits per heavy atom. The lowest BCUT2D eigenvalue weighted by Gasteiger charge is -2.26. The van der Waals surface area contributed by atoms with Crippen LogP contribution >= 0.6 is 23.2 Å². The quantitative estimate of drug-likeness (QED) is 0.678. The van der Waals surface area contributed by atoms with Crippen molar-refractivity contribution in [2.75, 3.05) is 6.61 Å². The standard InChI is InChI=1S/C17H14Cl2F3NO4/c18-10-1-2-11(13(19)6-10)12(7-17(20,21)22)16(26)9-3-4-23-14(5-9)27-8-15(24)25/h1-6,12,16,26H,7-8H2,(H,24,25). The normalized spacial score (nSPS) is 13.9. The van der Waals surface area contributed by atoms with Gasteiger partial charge in [-0.1, -0.05) is 29.3 Å². The van der Waals surface area contributed by atoms with Crippen LogP contribution < -0.4 is 4.74 Å². The van der Waals surface area contributed by atoms with Gasteiger partial charge in [-0.2, -0.15) is 13.2 Å². The summed E-state index contributed by atoms with van der Waals surface area (Å²) >= 11 is 11.8. The van der Waals surface area contributed by atoms with Gasteiger partial charge in [0.1, 0.15) is 0 Å². The van der Waals surface area contributed by atoms with Gasteiger partial charge in [-0.15, -0.1) is 0 Å². The largest absolute Gasteiger partial charge is 0.479 e. The average molecular weight is 424 g/mol. The Morgan fingerprint density at radius 2 is 1.93 bits per heavy atom. The first-order valence-corrected chi connectivity index (χ1v) is 8.32. The van der Waals surface area contributed by atoms with Crippen LogP contribution in [0.15, 0.2) is 36.5 Å². The van der Waals surface area contributed by atoms with Crippen molar-refractivity contribution >= 4 is 29.2 Å². The highest BCUT2D eigenvalue weighted by molar-refractivity contribution is 6.35. The van der Waals surface area contributed by atoms with E-state index in [1.165, 1.54) is 36.5 Å². The maximum atomic E-state index is 13.1. The first-order chi connectivity index (χ1) is 12.6. The number of carboxylic acid groups (broad SMARTS) is 1. The molecule has 2 aromatic rings. The highest BCUT2D eigenvalue weighted by atomic mass is 35.5. The molecule has 1 heterocycles. The molecule has 0 saturated heterocycles. The maximum absolute atomic E-state index is 13.1. The molecule has 0 spiro atoms. The Kier molecular flexibility index (Phi) is 6.91. The molecule has 1 aromatic carbocycles. The summed E-state index contributed by atoms with van der Waals surface area (Å²) in [5.74, 6) is -2.79. The summed E-state index contributed by atoms with van der Waals surface area (Å²) in [5.41, 5.74) is 0.154. The number of carboxylic acids is 1. The lowest BCUT2D eigenvalue weighted by molar-refractivity contribution is -0.145. The van der Waals surface area contributed by atoms with Crippen LogP contribution in [0.3, 0.4) is 0 Å². The van der Waals surface area contributed by atoms with E-state index >= 15 is 0 Å². The molecule has 146 valence electrons. The zero-order valence-corrected chi connectivity index (χ0v) is 15.1. The molecule has 2 N–H and O–H groups in total. The molecule has 0 aliphatic rings. The maximum Gasteiger partial charge on any atom is 0.389 e. The molecule has 0 bridgehead atoms. The van der Waals surface area contributed by atoms with E-state index in [0.29, 0.717) is 0 Å². The third-order valence-electron chi connectivity index (χ3n) is 3.64. The fourth-order valence-electron chi connectivity index (χ4n) is 2.50. The molecule has 0 aliphatic heterocycles. The fourth-order valence-corrected chi connectivity index (χ4v) is 3.05. The molecular weight excluding hydrogens is 410 g/mol. The van der Waals surface area contributed by atoms with Crippen molar-refractivity contribution in [1.29, 1.82) is 0 Å². The topological polar surface area (TPSA) is 79.7 Å². The molecule has 0 fully saturated rings. The number of nitrogens with zero attached hydrogens (tertiary/aromatic N) is 1. The predicted octanol–water partition coefficient (Wildman–Crippen LogP) is 4.62. The Labute approximate surface area is 162 Å². The van der Waals surface area contributed by atoms with Crippen LogP contribution in [0, 0.1) is 0 Å². The Hall–Kier alpha value is -2.03. The van der Waals surface area contributed by atoms with Crippen LogP contribution in [0.25, 0.3) is 0 Å². The first kappa shape index (κ1) is 21.3. The van der Waals surface area contributed by atoms with E-state index in [4.69, 9.17) is 33.0 Å². The number of aliphatic hydroxyl groups excluding tert-OH is 1. The summed E-state index contributed by atoms with van der Waals surface area (Å²) in [4.78, 5) is 14.3. The predicted molar refractivity (Wildman–Crippen MR) is 92.2 cm³/mol. The van der Waals surface area contributed by atoms with Crippen molar-refractivity contribution in [3.8, 4) is 5.88 Å². The SMILES string of the molecule is O=C(O)COc1cc(C(O)C(CC(F)(F)F)c2ccc(Cl)cc2Cl)ccn1. The summed E-state index contributed by atoms with van der Waals surface area (Å²) < 4.78 is 44.2. The van der Waals surface area contributed by atoms with Gasteiger partial charge in [0.2, 0.25) is 5.88 Å². The molecule has 27 heavy (non-hydrogen) atoms. The lowest BCUT2D eigenvalue weighted by Crippen LogP contribution is -2.20. The van der Waals surface area contributed by atoms with Crippen molar-refractivity contribution in [2.24, 2.45) is 0 Å². The highest BCUT2D eigenvalue weighted by Crippen LogP contribution is 2.43. The number of aromatic nitrogens is 1. The number of aliphatic hydroxyl groups is 1. The number of benzene rings is 1. The fraction of sp³-hybridized carbons (Fsp3) is 0.294. The molecular formula is C17H14Cl2F3NO4. The molecule has 0 amide bonds. The number of halogens is 5. The van der Waals surface area contributed by atoms with Gasteiger partial charge in [-0.05, 0) is 29.3 Å². The van der Waals surface area contributed by atoms with Crippen LogP contribution in [0.2, 0.25) is 10.0 Å². The summed E-state index contributed by atoms with van der Waals surface area (Å²) in [6, 6.07) is 6.49. The second-order valence-electron chi connectivity index (χ2n) is 5.65. The van der Waals surface area contributed by atoms with Crippen LogP contribution in [0.5, 0.6) is 5.88 Å². The monoisotopic (exact) mass is 423 g/mol. The number of rotatable bonds is 7. The molecule has 2 unspecified atom stereocenters. The van der Waals surface area contributed by atoms with Gasteiger partial charge in [-0.3, -0.25) is 0 Å². The van der Waals surface area contributed by atoms with Crippen LogP contribution in [0.1, 0.15) is 29.6 Å². The summed E-state index contributed by atoms with van der Waals surface area (Å²) in [6.45, 7) is -0.679. The summed E-state index contributed by atoms with van der Waals surface area (Å²) in [7, 11) is 0. The number of carbonyl (C=O) groups is 1. The smallest absolute Gasteiger partial charge is 0.389 e. The van der Waals surface area contributed by atoms with Crippen molar-refractivity contribution in [2.45, 2.75) is 24.6 Å². The molecule has 2 rings (SSSR count). The minimum absolute atomic E-state index is 0.00722. The van der Waals surface area contributed by atoms with E-state index in [-0.39, 0.29) is 27.1 Å². The van der Waals surface area contributed by atoms with E-state index in [2.05, 4.69) is 4.98 Å². The van der Waals surface area contributed by atoms with Crippen LogP contribution in [-0.2, 0) is 4.79 Å². The Bertz CT molecular complexity index is 817. The minimum Gasteiger partial charge on any atom is -0.479 e. The number of pyridine rings is 1. The van der Waals surface area contributed by atoms with E-state index in [1.807, 2.05) is 0 Å². The second-order valence-corrected chi connectivity index (χ2v) is 6.49. The molecule has 10 heteroatoms. The minimum atomic E-state index is -4.57. The van der Waals surface area contributed by atoms with Crippen molar-refractivity contribution in [1.82, 2.24) is 4.98 Å². The molecule has 5 nitrogen and oxygen atoms in total. The van der Waals surface area contributed by atoms with Gasteiger partial charge in [0, 0.05) is 28.2 Å². The second kappa shape index (κ2) is 8.77. The van der Waals surface area contributed by atoms with Crippen molar-refractivity contribution in [3.05, 3.63) is 57.7 Å². The van der Waals surface area contributed by atoms with Gasteiger partial charge in [-0.25, -0.2) is 9.78 Å². The van der Waals surface area contributed by atoms with Crippen molar-refractivity contribution < 1.29 is 32.9 Å². The van der Waals surface area contributed by atoms with Gasteiger partial charge in [0.05, 0.1) is 12.5 Å². The third-order valence-corrected chi connectivity index (χ3v) is 4.20. The first-order valence-electron chi connectivity index (χ1n) is 7.57. The molecule has 0 saturated carbocycles. The highest BCUT2D eigenvalue weighted by Gasteiger charge is 2.37. The van der Waals surface area contributed by atoms with E-state index in [9.17, 15) is 23.1 Å².